The molecule has 0 fully saturated rings. The van der Waals surface area contributed by atoms with E-state index in [1.807, 2.05) is 58.2 Å². The Kier molecular flexibility index (Phi) is 13.0. The van der Waals surface area contributed by atoms with Crippen LogP contribution in [0.3, 0.4) is 0 Å². The highest BCUT2D eigenvalue weighted by Gasteiger charge is 2.45. The highest BCUT2D eigenvalue weighted by atomic mass is 32.1. The zero-order chi connectivity index (χ0) is 30.0. The van der Waals surface area contributed by atoms with Crippen LogP contribution >= 0.6 is 11.3 Å². The molecule has 1 aromatic rings. The summed E-state index contributed by atoms with van der Waals surface area (Å²) in [5, 5.41) is 13.9. The normalized spacial score (nSPS) is 29.3. The Hall–Kier alpha value is -2.58. The van der Waals surface area contributed by atoms with E-state index in [1.165, 1.54) is 0 Å². The minimum absolute atomic E-state index is 0.202. The third-order valence-corrected chi connectivity index (χ3v) is 8.41. The molecule has 0 radical (unpaired) electrons. The lowest BCUT2D eigenvalue weighted by molar-refractivity contribution is -0.167. The Bertz CT molecular complexity index is 1110. The molecule has 1 aliphatic rings. The summed E-state index contributed by atoms with van der Waals surface area (Å²) in [6.07, 6.45) is 7.94. The van der Waals surface area contributed by atoms with Crippen molar-refractivity contribution in [1.82, 2.24) is 4.98 Å². The molecule has 8 heteroatoms. The number of aryl methyl sites for hydroxylation is 1. The summed E-state index contributed by atoms with van der Waals surface area (Å²) >= 11 is 1.55. The number of aromatic nitrogens is 1. The smallest absolute Gasteiger partial charge is 0.310 e. The van der Waals surface area contributed by atoms with E-state index >= 15 is 0 Å². The van der Waals surface area contributed by atoms with Gasteiger partial charge in [-0.1, -0.05) is 51.0 Å². The zero-order valence-electron chi connectivity index (χ0n) is 25.4. The maximum absolute atomic E-state index is 13.7. The lowest BCUT2D eigenvalue weighted by Crippen LogP contribution is -2.47. The molecule has 7 nitrogen and oxygen atoms in total. The molecule has 0 bridgehead atoms. The van der Waals surface area contributed by atoms with Crippen LogP contribution in [-0.4, -0.2) is 46.1 Å². The van der Waals surface area contributed by atoms with Crippen molar-refractivity contribution in [3.8, 4) is 0 Å². The number of hydrogen-bond acceptors (Lipinski definition) is 8. The van der Waals surface area contributed by atoms with Crippen molar-refractivity contribution in [3.63, 3.8) is 0 Å². The molecule has 0 amide bonds. The van der Waals surface area contributed by atoms with Gasteiger partial charge in [0.1, 0.15) is 18.0 Å². The Labute approximate surface area is 243 Å². The number of allylic oxidation sites excluding steroid dienone is 2. The molecule has 222 valence electrons. The van der Waals surface area contributed by atoms with Gasteiger partial charge in [-0.25, -0.2) is 4.98 Å². The molecule has 1 aliphatic heterocycles. The monoisotopic (exact) mass is 573 g/mol. The van der Waals surface area contributed by atoms with Gasteiger partial charge in [-0.3, -0.25) is 14.4 Å². The summed E-state index contributed by atoms with van der Waals surface area (Å²) in [6, 6.07) is 0. The minimum Gasteiger partial charge on any atom is -0.461 e. The molecule has 1 aromatic heterocycles. The summed E-state index contributed by atoms with van der Waals surface area (Å²) in [7, 11) is 0. The summed E-state index contributed by atoms with van der Waals surface area (Å²) in [6.45, 7) is 14.7. The van der Waals surface area contributed by atoms with E-state index < -0.39 is 41.6 Å². The number of rotatable bonds is 6. The van der Waals surface area contributed by atoms with E-state index in [0.29, 0.717) is 19.3 Å². The van der Waals surface area contributed by atoms with Crippen molar-refractivity contribution in [1.29, 1.82) is 0 Å². The minimum atomic E-state index is -1.23. The number of nitrogens with zero attached hydrogens (tertiary/aromatic N) is 1. The Morgan fingerprint density at radius 3 is 2.60 bits per heavy atom. The van der Waals surface area contributed by atoms with Gasteiger partial charge in [0.15, 0.2) is 0 Å². The first kappa shape index (κ1) is 33.6. The molecule has 1 N–H and O–H groups in total. The quantitative estimate of drug-likeness (QED) is 0.295. The van der Waals surface area contributed by atoms with Crippen LogP contribution in [0, 0.1) is 24.2 Å². The molecule has 0 saturated heterocycles. The van der Waals surface area contributed by atoms with Gasteiger partial charge in [0, 0.05) is 30.1 Å². The molecular formula is C32H47NO6S. The number of aliphatic hydroxyl groups excluding tert-OH is 1. The number of esters is 2. The SMILES string of the molecule is CCCCC(=O)O[C@H]1CC(=O)O[C@H](/C(C)=C/c2csc(C)n2)C/C=C(/C)C/C=C\[C@H](C)[C@H](O)[C@@H](C)C(=O)C1(C)C. The topological polar surface area (TPSA) is 103 Å². The zero-order valence-corrected chi connectivity index (χ0v) is 26.2. The first-order valence-corrected chi connectivity index (χ1v) is 15.2. The first-order chi connectivity index (χ1) is 18.8. The van der Waals surface area contributed by atoms with Gasteiger partial charge in [-0.05, 0) is 59.1 Å². The van der Waals surface area contributed by atoms with Crippen LogP contribution in [0.25, 0.3) is 6.08 Å². The average Bonchev–Trinajstić information content (AvgIpc) is 3.31. The Balaban J connectivity index is 2.48. The second-order valence-corrected chi connectivity index (χ2v) is 12.6. The number of cyclic esters (lactones) is 1. The predicted octanol–water partition coefficient (Wildman–Crippen LogP) is 6.78. The van der Waals surface area contributed by atoms with Crippen molar-refractivity contribution in [2.75, 3.05) is 0 Å². The lowest BCUT2D eigenvalue weighted by atomic mass is 9.73. The standard InChI is InChI=1S/C32H47NO6S/c1-9-10-14-28(34)39-27-18-29(35)38-26(22(4)17-25-19-40-24(6)33-25)16-15-20(2)12-11-13-21(3)30(36)23(5)31(37)32(27,7)8/h11,13,15,17,19,21,23,26-27,30,36H,9-10,12,14,16,18H2,1-8H3/b13-11-,20-15-,22-17+/t21-,23+,26-,27-,30-/m0/s1. The van der Waals surface area contributed by atoms with Crippen LogP contribution in [-0.2, 0) is 23.9 Å². The fraction of sp³-hybridized carbons (Fsp3) is 0.625. The van der Waals surface area contributed by atoms with Crippen molar-refractivity contribution in [2.24, 2.45) is 17.3 Å². The molecule has 0 spiro atoms. The van der Waals surface area contributed by atoms with Crippen LogP contribution in [0.15, 0.2) is 34.8 Å². The highest BCUT2D eigenvalue weighted by Crippen LogP contribution is 2.34. The van der Waals surface area contributed by atoms with Crippen molar-refractivity contribution in [3.05, 3.63) is 45.5 Å². The second kappa shape index (κ2) is 15.4. The molecule has 5 atom stereocenters. The summed E-state index contributed by atoms with van der Waals surface area (Å²) < 4.78 is 11.8. The van der Waals surface area contributed by atoms with Gasteiger partial charge in [-0.15, -0.1) is 11.3 Å². The van der Waals surface area contributed by atoms with Gasteiger partial charge in [-0.2, -0.15) is 0 Å². The number of hydrogen-bond donors (Lipinski definition) is 1. The molecular weight excluding hydrogens is 526 g/mol. The van der Waals surface area contributed by atoms with Crippen LogP contribution in [0.4, 0.5) is 0 Å². The predicted molar refractivity (Wildman–Crippen MR) is 160 cm³/mol. The van der Waals surface area contributed by atoms with E-state index in [9.17, 15) is 19.5 Å². The molecule has 0 aromatic carbocycles. The number of thiazole rings is 1. The summed E-state index contributed by atoms with van der Waals surface area (Å²) in [5.74, 6) is -2.27. The van der Waals surface area contributed by atoms with Gasteiger partial charge >= 0.3 is 11.9 Å². The average molecular weight is 574 g/mol. The number of unbranched alkanes of at least 4 members (excludes halogenated alkanes) is 1. The first-order valence-electron chi connectivity index (χ1n) is 14.3. The van der Waals surface area contributed by atoms with Crippen molar-refractivity contribution in [2.45, 2.75) is 112 Å². The number of Topliss-reactive ketones (excluding diaryl/α,β-unsaturated/α-hetero) is 1. The third-order valence-electron chi connectivity index (χ3n) is 7.62. The molecule has 2 rings (SSSR count). The van der Waals surface area contributed by atoms with Crippen LogP contribution in [0.2, 0.25) is 0 Å². The lowest BCUT2D eigenvalue weighted by Gasteiger charge is -2.36. The van der Waals surface area contributed by atoms with Gasteiger partial charge in [0.2, 0.25) is 0 Å². The molecule has 0 aliphatic carbocycles. The van der Waals surface area contributed by atoms with Gasteiger partial charge in [0.25, 0.3) is 0 Å². The number of aliphatic hydroxyl groups is 1. The van der Waals surface area contributed by atoms with Crippen LogP contribution in [0.5, 0.6) is 0 Å². The van der Waals surface area contributed by atoms with Gasteiger partial charge < -0.3 is 14.6 Å². The number of carbonyl (C=O) groups excluding carboxylic acids is 3. The fourth-order valence-corrected chi connectivity index (χ4v) is 5.34. The summed E-state index contributed by atoms with van der Waals surface area (Å²) in [4.78, 5) is 44.3. The Morgan fingerprint density at radius 1 is 1.27 bits per heavy atom. The van der Waals surface area contributed by atoms with Crippen LogP contribution < -0.4 is 0 Å². The van der Waals surface area contributed by atoms with E-state index in [2.05, 4.69) is 11.1 Å². The highest BCUT2D eigenvalue weighted by molar-refractivity contribution is 7.09. The van der Waals surface area contributed by atoms with E-state index in [-0.39, 0.29) is 24.5 Å². The van der Waals surface area contributed by atoms with E-state index in [4.69, 9.17) is 9.47 Å². The molecule has 0 saturated carbocycles. The second-order valence-electron chi connectivity index (χ2n) is 11.6. The van der Waals surface area contributed by atoms with Crippen molar-refractivity contribution < 1.29 is 29.0 Å². The molecule has 2 heterocycles. The van der Waals surface area contributed by atoms with E-state index in [0.717, 1.165) is 28.3 Å². The number of ether oxygens (including phenoxy) is 2. The Morgan fingerprint density at radius 2 is 1.98 bits per heavy atom. The van der Waals surface area contributed by atoms with Crippen LogP contribution in [0.1, 0.15) is 97.7 Å². The maximum Gasteiger partial charge on any atom is 0.310 e. The molecule has 0 unspecified atom stereocenters. The molecule has 40 heavy (non-hydrogen) atoms. The third kappa shape index (κ3) is 9.81. The largest absolute Gasteiger partial charge is 0.461 e. The van der Waals surface area contributed by atoms with Gasteiger partial charge in [0.05, 0.1) is 28.6 Å². The van der Waals surface area contributed by atoms with E-state index in [1.54, 1.807) is 32.1 Å². The van der Waals surface area contributed by atoms with Crippen molar-refractivity contribution >= 4 is 35.1 Å². The number of carbonyl (C=O) groups is 3. The number of ketones is 1. The maximum atomic E-state index is 13.7. The summed E-state index contributed by atoms with van der Waals surface area (Å²) in [5.41, 5.74) is 1.52. The fourth-order valence-electron chi connectivity index (χ4n) is 4.77.